The molecule has 3 aromatic carbocycles. The van der Waals surface area contributed by atoms with E-state index in [1.165, 1.54) is 18.6 Å². The summed E-state index contributed by atoms with van der Waals surface area (Å²) < 4.78 is 14.8. The molecule has 4 N–H and O–H groups in total. The fraction of sp³-hybridized carbons (Fsp3) is 0.279. The first-order valence-electron chi connectivity index (χ1n) is 19.3. The number of hydrogen-bond donors (Lipinski definition) is 4. The lowest BCUT2D eigenvalue weighted by atomic mass is 10.0. The molecule has 1 atom stereocenters. The molecule has 7 rings (SSSR count). The molecule has 1 fully saturated rings. The van der Waals surface area contributed by atoms with E-state index in [0.29, 0.717) is 58.5 Å². The second-order valence-corrected chi connectivity index (χ2v) is 14.4. The summed E-state index contributed by atoms with van der Waals surface area (Å²) in [6, 6.07) is 19.2. The third-order valence-corrected chi connectivity index (χ3v) is 10.0. The van der Waals surface area contributed by atoms with Crippen molar-refractivity contribution in [2.75, 3.05) is 41.5 Å². The van der Waals surface area contributed by atoms with Gasteiger partial charge in [-0.15, -0.1) is 0 Å². The molecule has 5 amide bonds. The molecule has 5 aromatic rings. The molecule has 2 aliphatic rings. The summed E-state index contributed by atoms with van der Waals surface area (Å²) in [6.07, 6.45) is 8.67. The van der Waals surface area contributed by atoms with E-state index in [2.05, 4.69) is 31.2 Å². The van der Waals surface area contributed by atoms with E-state index in [-0.39, 0.29) is 54.3 Å². The number of aryl methyl sites for hydroxylation is 2. The van der Waals surface area contributed by atoms with Gasteiger partial charge in [0.05, 0.1) is 31.0 Å². The van der Waals surface area contributed by atoms with E-state index < -0.39 is 5.91 Å². The predicted molar refractivity (Wildman–Crippen MR) is 224 cm³/mol. The number of fused-ring (bicyclic) bond motifs is 2. The van der Waals surface area contributed by atoms with Crippen LogP contribution in [0, 0.1) is 0 Å². The van der Waals surface area contributed by atoms with Crippen molar-refractivity contribution in [3.05, 3.63) is 96.2 Å². The Kier molecular flexibility index (Phi) is 11.9. The summed E-state index contributed by atoms with van der Waals surface area (Å²) >= 11 is 0. The number of benzene rings is 3. The Morgan fingerprint density at radius 2 is 1.49 bits per heavy atom. The van der Waals surface area contributed by atoms with Gasteiger partial charge in [0, 0.05) is 81.3 Å². The molecule has 0 bridgehead atoms. The number of amides is 5. The SMILES string of the molecule is COc1cc2c(cc1OCCCC(=O)Nc1cn(C)c(C(=O)Nc3ccc(-c4cc(C(=O)Nc5ccc(NC(C)=O)cc5)n(C)c4)cc3)n1)N=CC1CCCCN1C2=O. The van der Waals surface area contributed by atoms with Crippen molar-refractivity contribution < 1.29 is 33.4 Å². The van der Waals surface area contributed by atoms with Gasteiger partial charge in [-0.1, -0.05) is 12.1 Å². The molecule has 0 spiro atoms. The smallest absolute Gasteiger partial charge is 0.291 e. The summed E-state index contributed by atoms with van der Waals surface area (Å²) in [5.74, 6) is -0.114. The number of anilines is 4. The van der Waals surface area contributed by atoms with Crippen molar-refractivity contribution in [1.82, 2.24) is 19.0 Å². The van der Waals surface area contributed by atoms with Gasteiger partial charge < -0.3 is 44.8 Å². The lowest BCUT2D eigenvalue weighted by Crippen LogP contribution is -2.43. The van der Waals surface area contributed by atoms with Crippen molar-refractivity contribution in [1.29, 1.82) is 0 Å². The van der Waals surface area contributed by atoms with Gasteiger partial charge >= 0.3 is 0 Å². The fourth-order valence-electron chi connectivity index (χ4n) is 7.06. The van der Waals surface area contributed by atoms with Crippen molar-refractivity contribution in [2.24, 2.45) is 19.1 Å². The summed E-state index contributed by atoms with van der Waals surface area (Å²) in [6.45, 7) is 2.34. The van der Waals surface area contributed by atoms with Crippen LogP contribution in [0.1, 0.15) is 70.5 Å². The quantitative estimate of drug-likeness (QED) is 0.0984. The molecule has 16 heteroatoms. The van der Waals surface area contributed by atoms with Gasteiger partial charge in [0.2, 0.25) is 17.6 Å². The lowest BCUT2D eigenvalue weighted by Gasteiger charge is -2.32. The van der Waals surface area contributed by atoms with Crippen molar-refractivity contribution in [2.45, 2.75) is 45.1 Å². The standard InChI is InChI=1S/C43H45N9O7/c1-26(53)45-29-14-16-31(17-15-29)46-41(55)35-20-28(24-50(35)2)27-10-12-30(13-11-27)47-42(56)40-49-38(25-51(40)3)48-39(54)9-7-19-59-37-22-34-33(21-36(37)58-4)43(57)52-18-6-5-8-32(52)23-44-34/h10-17,20-25,32H,5-9,18-19H2,1-4H3,(H,45,53)(H,46,55)(H,47,56)(H,48,54). The molecule has 0 saturated carbocycles. The number of rotatable bonds is 13. The van der Waals surface area contributed by atoms with E-state index in [4.69, 9.17) is 9.47 Å². The number of hydrogen-bond acceptors (Lipinski definition) is 9. The zero-order valence-electron chi connectivity index (χ0n) is 33.2. The topological polar surface area (TPSA) is 190 Å². The number of aromatic nitrogens is 3. The number of nitrogens with zero attached hydrogens (tertiary/aromatic N) is 5. The van der Waals surface area contributed by atoms with Crippen LogP contribution in [0.4, 0.5) is 28.6 Å². The first-order chi connectivity index (χ1) is 28.4. The Balaban J connectivity index is 0.892. The first-order valence-corrected chi connectivity index (χ1v) is 19.3. The van der Waals surface area contributed by atoms with E-state index in [0.717, 1.165) is 30.4 Å². The Bertz CT molecular complexity index is 2430. The molecule has 304 valence electrons. The minimum Gasteiger partial charge on any atom is -0.493 e. The molecular formula is C43H45N9O7. The van der Waals surface area contributed by atoms with Gasteiger partial charge in [0.1, 0.15) is 5.69 Å². The number of ether oxygens (including phenoxy) is 2. The summed E-state index contributed by atoms with van der Waals surface area (Å²) in [5.41, 5.74) is 4.84. The van der Waals surface area contributed by atoms with Gasteiger partial charge in [0.25, 0.3) is 17.7 Å². The second-order valence-electron chi connectivity index (χ2n) is 14.4. The molecule has 16 nitrogen and oxygen atoms in total. The van der Waals surface area contributed by atoms with E-state index in [9.17, 15) is 24.0 Å². The Labute approximate surface area is 340 Å². The Morgan fingerprint density at radius 3 is 2.20 bits per heavy atom. The van der Waals surface area contributed by atoms with Gasteiger partial charge in [-0.2, -0.15) is 0 Å². The number of carbonyl (C=O) groups is 5. The predicted octanol–water partition coefficient (Wildman–Crippen LogP) is 6.41. The maximum Gasteiger partial charge on any atom is 0.291 e. The lowest BCUT2D eigenvalue weighted by molar-refractivity contribution is -0.116. The van der Waals surface area contributed by atoms with Gasteiger partial charge in [-0.3, -0.25) is 29.0 Å². The Hall–Kier alpha value is -7.23. The van der Waals surface area contributed by atoms with Crippen LogP contribution >= 0.6 is 0 Å². The van der Waals surface area contributed by atoms with Crippen LogP contribution in [-0.4, -0.2) is 81.1 Å². The third-order valence-electron chi connectivity index (χ3n) is 10.0. The number of carbonyl (C=O) groups excluding carboxylic acids is 5. The second kappa shape index (κ2) is 17.5. The summed E-state index contributed by atoms with van der Waals surface area (Å²) in [4.78, 5) is 74.4. The zero-order chi connectivity index (χ0) is 41.6. The number of piperidine rings is 1. The van der Waals surface area contributed by atoms with Crippen LogP contribution in [0.2, 0.25) is 0 Å². The number of imidazole rings is 1. The fourth-order valence-corrected chi connectivity index (χ4v) is 7.06. The normalized spacial score (nSPS) is 14.4. The minimum absolute atomic E-state index is 0.0172. The highest BCUT2D eigenvalue weighted by molar-refractivity contribution is 6.05. The maximum absolute atomic E-state index is 13.3. The van der Waals surface area contributed by atoms with Crippen LogP contribution in [0.3, 0.4) is 0 Å². The minimum atomic E-state index is -0.463. The molecule has 2 aromatic heterocycles. The van der Waals surface area contributed by atoms with Gasteiger partial charge in [-0.05, 0) is 79.8 Å². The summed E-state index contributed by atoms with van der Waals surface area (Å²) in [7, 11) is 4.96. The van der Waals surface area contributed by atoms with Crippen LogP contribution in [0.5, 0.6) is 11.5 Å². The molecule has 59 heavy (non-hydrogen) atoms. The highest BCUT2D eigenvalue weighted by atomic mass is 16.5. The third kappa shape index (κ3) is 9.33. The van der Waals surface area contributed by atoms with Crippen LogP contribution in [0.15, 0.2) is 84.1 Å². The van der Waals surface area contributed by atoms with Crippen LogP contribution < -0.4 is 30.7 Å². The average molecular weight is 800 g/mol. The molecule has 2 aliphatic heterocycles. The van der Waals surface area contributed by atoms with Crippen molar-refractivity contribution in [3.8, 4) is 22.6 Å². The molecule has 1 unspecified atom stereocenters. The Morgan fingerprint density at radius 1 is 0.797 bits per heavy atom. The largest absolute Gasteiger partial charge is 0.493 e. The molecule has 0 radical (unpaired) electrons. The highest BCUT2D eigenvalue weighted by Crippen LogP contribution is 2.38. The molecular weight excluding hydrogens is 755 g/mol. The molecule has 0 aliphatic carbocycles. The maximum atomic E-state index is 13.3. The highest BCUT2D eigenvalue weighted by Gasteiger charge is 2.31. The van der Waals surface area contributed by atoms with E-state index in [1.54, 1.807) is 79.5 Å². The number of aliphatic imine (C=N–C) groups is 1. The summed E-state index contributed by atoms with van der Waals surface area (Å²) in [5, 5.41) is 11.2. The van der Waals surface area contributed by atoms with Crippen LogP contribution in [-0.2, 0) is 23.7 Å². The van der Waals surface area contributed by atoms with Gasteiger partial charge in [0.15, 0.2) is 17.3 Å². The van der Waals surface area contributed by atoms with E-state index >= 15 is 0 Å². The first kappa shape index (κ1) is 40.0. The van der Waals surface area contributed by atoms with Crippen LogP contribution in [0.25, 0.3) is 11.1 Å². The number of nitrogens with one attached hydrogen (secondary N) is 4. The monoisotopic (exact) mass is 799 g/mol. The van der Waals surface area contributed by atoms with Gasteiger partial charge in [-0.25, -0.2) is 4.98 Å². The zero-order valence-corrected chi connectivity index (χ0v) is 33.2. The molecule has 1 saturated heterocycles. The van der Waals surface area contributed by atoms with Crippen molar-refractivity contribution in [3.63, 3.8) is 0 Å². The van der Waals surface area contributed by atoms with E-state index in [1.807, 2.05) is 29.4 Å². The average Bonchev–Trinajstić information content (AvgIpc) is 3.76. The number of methoxy groups -OCH3 is 1. The molecule has 4 heterocycles. The van der Waals surface area contributed by atoms with Crippen molar-refractivity contribution >= 4 is 64.3 Å².